The van der Waals surface area contributed by atoms with Gasteiger partial charge in [0, 0.05) is 6.42 Å². The van der Waals surface area contributed by atoms with Crippen LogP contribution in [0.5, 0.6) is 11.5 Å². The summed E-state index contributed by atoms with van der Waals surface area (Å²) >= 11 is 0. The van der Waals surface area contributed by atoms with E-state index in [-0.39, 0.29) is 5.60 Å². The van der Waals surface area contributed by atoms with Crippen LogP contribution in [0.3, 0.4) is 0 Å². The fourth-order valence-corrected chi connectivity index (χ4v) is 7.49. The van der Waals surface area contributed by atoms with Gasteiger partial charge in [-0.15, -0.1) is 0 Å². The summed E-state index contributed by atoms with van der Waals surface area (Å²) in [6.07, 6.45) is 35.4. The molecule has 0 aromatic heterocycles. The third-order valence-corrected chi connectivity index (χ3v) is 10.9. The Kier molecular flexibility index (Phi) is 22.6. The summed E-state index contributed by atoms with van der Waals surface area (Å²) in [4.78, 5) is 0. The molecule has 3 nitrogen and oxygen atoms in total. The number of benzene rings is 1. The first-order valence-electron chi connectivity index (χ1n) is 20.9. The monoisotopic (exact) mass is 669 g/mol. The largest absolute Gasteiger partial charge is 0.487 e. The molecule has 3 heteroatoms. The molecule has 0 radical (unpaired) electrons. The Labute approximate surface area is 299 Å². The van der Waals surface area contributed by atoms with Crippen LogP contribution in [0, 0.1) is 24.7 Å². The van der Waals surface area contributed by atoms with Crippen molar-refractivity contribution in [2.45, 2.75) is 221 Å². The van der Waals surface area contributed by atoms with Crippen molar-refractivity contribution in [3.63, 3.8) is 0 Å². The molecule has 0 bridgehead atoms. The number of aryl methyl sites for hydroxylation is 2. The van der Waals surface area contributed by atoms with Gasteiger partial charge in [0.1, 0.15) is 17.1 Å². The average Bonchev–Trinajstić information content (AvgIpc) is 3.03. The molecule has 4 unspecified atom stereocenters. The number of aliphatic hydroxyl groups excluding tert-OH is 1. The van der Waals surface area contributed by atoms with Gasteiger partial charge in [-0.3, -0.25) is 0 Å². The highest BCUT2D eigenvalue weighted by Crippen LogP contribution is 2.40. The molecule has 0 aliphatic carbocycles. The van der Waals surface area contributed by atoms with E-state index < -0.39 is 6.29 Å². The minimum absolute atomic E-state index is 0.0892. The molecule has 1 aliphatic heterocycles. The average molecular weight is 669 g/mol. The van der Waals surface area contributed by atoms with E-state index in [2.05, 4.69) is 72.8 Å². The fourth-order valence-electron chi connectivity index (χ4n) is 7.49. The van der Waals surface area contributed by atoms with Gasteiger partial charge in [0.2, 0.25) is 0 Å². The van der Waals surface area contributed by atoms with Crippen molar-refractivity contribution in [3.8, 4) is 11.5 Å². The molecule has 1 aromatic carbocycles. The molecule has 0 fully saturated rings. The molecule has 1 aromatic rings. The quantitative estimate of drug-likeness (QED) is 0.0524. The van der Waals surface area contributed by atoms with Gasteiger partial charge in [-0.25, -0.2) is 0 Å². The molecule has 278 valence electrons. The van der Waals surface area contributed by atoms with Gasteiger partial charge in [-0.1, -0.05) is 143 Å². The molecule has 0 amide bonds. The number of unbranched alkanes of at least 4 members (excludes halogenated alkanes) is 11. The minimum atomic E-state index is -0.739. The smallest absolute Gasteiger partial charge is 0.197 e. The van der Waals surface area contributed by atoms with Crippen molar-refractivity contribution in [1.82, 2.24) is 0 Å². The Bertz CT molecular complexity index is 967. The van der Waals surface area contributed by atoms with Crippen LogP contribution in [-0.4, -0.2) is 17.0 Å². The zero-order valence-corrected chi connectivity index (χ0v) is 33.1. The molecule has 2 rings (SSSR count). The molecule has 1 heterocycles. The maximum atomic E-state index is 10.6. The highest BCUT2D eigenvalue weighted by atomic mass is 16.6. The predicted octanol–water partition coefficient (Wildman–Crippen LogP) is 14.3. The van der Waals surface area contributed by atoms with E-state index in [1.54, 1.807) is 0 Å². The predicted molar refractivity (Wildman–Crippen MR) is 209 cm³/mol. The van der Waals surface area contributed by atoms with Crippen LogP contribution >= 0.6 is 0 Å². The first-order chi connectivity index (χ1) is 23.1. The summed E-state index contributed by atoms with van der Waals surface area (Å²) in [5, 5.41) is 10.6. The Hall–Kier alpha value is -1.48. The second kappa shape index (κ2) is 25.5. The van der Waals surface area contributed by atoms with Crippen molar-refractivity contribution >= 4 is 0 Å². The number of rotatable bonds is 29. The molecule has 0 saturated carbocycles. The maximum Gasteiger partial charge on any atom is 0.197 e. The summed E-state index contributed by atoms with van der Waals surface area (Å²) < 4.78 is 12.7. The second-order valence-corrected chi connectivity index (χ2v) is 16.6. The number of fused-ring (bicyclic) bond motifs is 1. The highest BCUT2D eigenvalue weighted by Gasteiger charge is 2.32. The van der Waals surface area contributed by atoms with E-state index >= 15 is 0 Å². The molecule has 4 atom stereocenters. The van der Waals surface area contributed by atoms with E-state index in [4.69, 9.17) is 9.47 Å². The van der Waals surface area contributed by atoms with E-state index in [9.17, 15) is 5.11 Å². The van der Waals surface area contributed by atoms with Crippen LogP contribution in [-0.2, 0) is 6.42 Å². The number of allylic oxidation sites excluding steroid dienone is 2. The van der Waals surface area contributed by atoms with Gasteiger partial charge in [-0.05, 0) is 113 Å². The van der Waals surface area contributed by atoms with Crippen molar-refractivity contribution in [2.24, 2.45) is 17.8 Å². The Balaban J connectivity index is 1.58. The normalized spacial score (nSPS) is 18.2. The zero-order chi connectivity index (χ0) is 35.0. The standard InChI is InChI=1S/C45H80O3/c1-8-9-10-11-12-13-14-15-16-17-18-19-20-21-22-31-43(46)47-42-35-40(6)44-41(36-42)32-34-45(7,48-44)33-25-30-39(5)29-24-28-38(4)27-23-26-37(2)3/h15-16,35-39,43,46H,8-14,17-34H2,1-7H3/b16-15-. The van der Waals surface area contributed by atoms with Gasteiger partial charge in [-0.2, -0.15) is 0 Å². The molecule has 0 spiro atoms. The van der Waals surface area contributed by atoms with Crippen LogP contribution in [0.2, 0.25) is 0 Å². The lowest BCUT2D eigenvalue weighted by Gasteiger charge is -2.37. The Morgan fingerprint density at radius 1 is 0.729 bits per heavy atom. The van der Waals surface area contributed by atoms with Gasteiger partial charge < -0.3 is 14.6 Å². The number of hydrogen-bond donors (Lipinski definition) is 1. The van der Waals surface area contributed by atoms with Crippen LogP contribution in [0.15, 0.2) is 24.3 Å². The number of aliphatic hydroxyl groups is 1. The van der Waals surface area contributed by atoms with Crippen LogP contribution < -0.4 is 9.47 Å². The second-order valence-electron chi connectivity index (χ2n) is 16.6. The number of hydrogen-bond acceptors (Lipinski definition) is 3. The van der Waals surface area contributed by atoms with Crippen molar-refractivity contribution in [2.75, 3.05) is 0 Å². The van der Waals surface area contributed by atoms with Crippen molar-refractivity contribution in [3.05, 3.63) is 35.4 Å². The molecular weight excluding hydrogens is 588 g/mol. The van der Waals surface area contributed by atoms with Crippen molar-refractivity contribution in [1.29, 1.82) is 0 Å². The van der Waals surface area contributed by atoms with Crippen LogP contribution in [0.25, 0.3) is 0 Å². The van der Waals surface area contributed by atoms with E-state index in [1.807, 2.05) is 0 Å². The topological polar surface area (TPSA) is 38.7 Å². The Morgan fingerprint density at radius 3 is 1.92 bits per heavy atom. The SMILES string of the molecule is CCCCCCCC/C=C\CCCCCCCC(O)Oc1cc(C)c2c(c1)CCC(C)(CCCC(C)CCCC(C)CCCC(C)C)O2. The number of ether oxygens (including phenoxy) is 2. The van der Waals surface area contributed by atoms with Gasteiger partial charge in [0.15, 0.2) is 6.29 Å². The van der Waals surface area contributed by atoms with Gasteiger partial charge in [0.05, 0.1) is 0 Å². The maximum absolute atomic E-state index is 10.6. The first-order valence-corrected chi connectivity index (χ1v) is 20.9. The fraction of sp³-hybridized carbons (Fsp3) is 0.822. The van der Waals surface area contributed by atoms with Crippen molar-refractivity contribution < 1.29 is 14.6 Å². The lowest BCUT2D eigenvalue weighted by atomic mass is 9.85. The summed E-state index contributed by atoms with van der Waals surface area (Å²) in [6, 6.07) is 4.16. The van der Waals surface area contributed by atoms with E-state index in [1.165, 1.54) is 128 Å². The lowest BCUT2D eigenvalue weighted by Crippen LogP contribution is -2.36. The first kappa shape index (κ1) is 42.7. The molecule has 1 N–H and O–H groups in total. The van der Waals surface area contributed by atoms with Gasteiger partial charge >= 0.3 is 0 Å². The lowest BCUT2D eigenvalue weighted by molar-refractivity contribution is -0.0249. The molecule has 48 heavy (non-hydrogen) atoms. The summed E-state index contributed by atoms with van der Waals surface area (Å²) in [6.45, 7) is 16.3. The highest BCUT2D eigenvalue weighted by molar-refractivity contribution is 5.48. The summed E-state index contributed by atoms with van der Waals surface area (Å²) in [7, 11) is 0. The van der Waals surface area contributed by atoms with E-state index in [0.717, 1.165) is 66.9 Å². The third-order valence-electron chi connectivity index (χ3n) is 10.9. The molecule has 0 saturated heterocycles. The van der Waals surface area contributed by atoms with Gasteiger partial charge in [0.25, 0.3) is 0 Å². The summed E-state index contributed by atoms with van der Waals surface area (Å²) in [5.74, 6) is 4.34. The van der Waals surface area contributed by atoms with Crippen LogP contribution in [0.4, 0.5) is 0 Å². The summed E-state index contributed by atoms with van der Waals surface area (Å²) in [5.41, 5.74) is 2.26. The minimum Gasteiger partial charge on any atom is -0.487 e. The third kappa shape index (κ3) is 19.6. The molecule has 1 aliphatic rings. The van der Waals surface area contributed by atoms with E-state index in [0.29, 0.717) is 6.42 Å². The molecular formula is C45H80O3. The van der Waals surface area contributed by atoms with Crippen LogP contribution in [0.1, 0.15) is 207 Å². The zero-order valence-electron chi connectivity index (χ0n) is 33.1. The Morgan fingerprint density at radius 2 is 1.29 bits per heavy atom.